The van der Waals surface area contributed by atoms with Crippen LogP contribution >= 0.6 is 0 Å². The third-order valence-corrected chi connectivity index (χ3v) is 3.52. The van der Waals surface area contributed by atoms with Crippen LogP contribution in [0, 0.1) is 5.92 Å². The summed E-state index contributed by atoms with van der Waals surface area (Å²) in [7, 11) is 2.89. The summed E-state index contributed by atoms with van der Waals surface area (Å²) in [5.74, 6) is -1.77. The molecular formula is C12H20N2O5. The van der Waals surface area contributed by atoms with Crippen molar-refractivity contribution in [2.75, 3.05) is 27.2 Å². The molecule has 1 rings (SSSR count). The first-order valence-electron chi connectivity index (χ1n) is 6.19. The minimum Gasteiger partial charge on any atom is -0.481 e. The van der Waals surface area contributed by atoms with Gasteiger partial charge in [0, 0.05) is 26.2 Å². The normalized spacial score (nSPS) is 22.2. The average Bonchev–Trinajstić information content (AvgIpc) is 2.76. The van der Waals surface area contributed by atoms with Crippen LogP contribution in [0.2, 0.25) is 0 Å². The fraction of sp³-hybridized carbons (Fsp3) is 0.750. The van der Waals surface area contributed by atoms with Crippen molar-refractivity contribution in [1.82, 2.24) is 9.80 Å². The molecule has 0 aliphatic carbocycles. The van der Waals surface area contributed by atoms with Crippen molar-refractivity contribution < 1.29 is 24.2 Å². The predicted molar refractivity (Wildman–Crippen MR) is 66.6 cm³/mol. The number of carboxylic acid groups (broad SMARTS) is 1. The van der Waals surface area contributed by atoms with Gasteiger partial charge in [0.2, 0.25) is 0 Å². The number of carbonyl (C=O) groups is 3. The van der Waals surface area contributed by atoms with Crippen LogP contribution in [0.15, 0.2) is 0 Å². The molecule has 1 N–H and O–H groups in total. The van der Waals surface area contributed by atoms with E-state index < -0.39 is 11.9 Å². The van der Waals surface area contributed by atoms with Gasteiger partial charge in [-0.15, -0.1) is 0 Å². The number of hydrogen-bond acceptors (Lipinski definition) is 4. The molecule has 2 unspecified atom stereocenters. The fourth-order valence-corrected chi connectivity index (χ4v) is 2.22. The van der Waals surface area contributed by atoms with Gasteiger partial charge in [-0.2, -0.15) is 0 Å². The summed E-state index contributed by atoms with van der Waals surface area (Å²) in [5.41, 5.74) is 0. The highest BCUT2D eigenvalue weighted by molar-refractivity contribution is 5.78. The maximum Gasteiger partial charge on any atom is 0.320 e. The minimum atomic E-state index is -0.875. The fourth-order valence-electron chi connectivity index (χ4n) is 2.22. The Morgan fingerprint density at radius 1 is 1.42 bits per heavy atom. The van der Waals surface area contributed by atoms with E-state index in [9.17, 15) is 14.4 Å². The molecule has 2 amide bonds. The SMILES string of the molecule is COC(=O)CCN(C)C(=O)N1CCC(C(=O)O)C1C. The number of carbonyl (C=O) groups excluding carboxylic acids is 2. The molecular weight excluding hydrogens is 252 g/mol. The summed E-state index contributed by atoms with van der Waals surface area (Å²) in [4.78, 5) is 37.1. The van der Waals surface area contributed by atoms with E-state index in [2.05, 4.69) is 4.74 Å². The number of likely N-dealkylation sites (tertiary alicyclic amines) is 1. The van der Waals surface area contributed by atoms with Gasteiger partial charge in [-0.05, 0) is 13.3 Å². The molecule has 19 heavy (non-hydrogen) atoms. The minimum absolute atomic E-state index is 0.128. The van der Waals surface area contributed by atoms with Gasteiger partial charge in [0.05, 0.1) is 19.4 Å². The molecule has 0 aromatic rings. The Hall–Kier alpha value is -1.79. The zero-order chi connectivity index (χ0) is 14.6. The van der Waals surface area contributed by atoms with Crippen molar-refractivity contribution in [1.29, 1.82) is 0 Å². The Kier molecular flexibility index (Phi) is 5.14. The van der Waals surface area contributed by atoms with Gasteiger partial charge < -0.3 is 19.6 Å². The van der Waals surface area contributed by atoms with Crippen LogP contribution in [0.1, 0.15) is 19.8 Å². The van der Waals surface area contributed by atoms with E-state index in [1.54, 1.807) is 14.0 Å². The first-order chi connectivity index (χ1) is 8.88. The molecule has 1 aliphatic rings. The molecule has 0 radical (unpaired) electrons. The van der Waals surface area contributed by atoms with Crippen LogP contribution in [0.25, 0.3) is 0 Å². The van der Waals surface area contributed by atoms with Crippen LogP contribution in [0.3, 0.4) is 0 Å². The van der Waals surface area contributed by atoms with Gasteiger partial charge >= 0.3 is 18.0 Å². The van der Waals surface area contributed by atoms with Crippen molar-refractivity contribution in [3.8, 4) is 0 Å². The lowest BCUT2D eigenvalue weighted by molar-refractivity contribution is -0.142. The molecule has 2 atom stereocenters. The Balaban J connectivity index is 2.54. The highest BCUT2D eigenvalue weighted by atomic mass is 16.5. The maximum absolute atomic E-state index is 12.1. The van der Waals surface area contributed by atoms with E-state index in [0.717, 1.165) is 0 Å². The lowest BCUT2D eigenvalue weighted by atomic mass is 10.0. The Bertz CT molecular complexity index is 371. The van der Waals surface area contributed by atoms with E-state index in [0.29, 0.717) is 13.0 Å². The highest BCUT2D eigenvalue weighted by Gasteiger charge is 2.39. The Morgan fingerprint density at radius 2 is 2.05 bits per heavy atom. The number of rotatable bonds is 4. The zero-order valence-electron chi connectivity index (χ0n) is 11.5. The second-order valence-electron chi connectivity index (χ2n) is 4.70. The lowest BCUT2D eigenvalue weighted by Gasteiger charge is -2.28. The van der Waals surface area contributed by atoms with Gasteiger partial charge in [-0.25, -0.2) is 4.79 Å². The first-order valence-corrected chi connectivity index (χ1v) is 6.19. The first kappa shape index (κ1) is 15.3. The number of urea groups is 1. The summed E-state index contributed by atoms with van der Waals surface area (Å²) >= 11 is 0. The van der Waals surface area contributed by atoms with Crippen molar-refractivity contribution in [2.45, 2.75) is 25.8 Å². The van der Waals surface area contributed by atoms with Gasteiger partial charge in [0.1, 0.15) is 0 Å². The molecule has 7 heteroatoms. The summed E-state index contributed by atoms with van der Waals surface area (Å²) in [6, 6.07) is -0.578. The molecule has 0 spiro atoms. The van der Waals surface area contributed by atoms with E-state index in [-0.39, 0.29) is 31.0 Å². The maximum atomic E-state index is 12.1. The Morgan fingerprint density at radius 3 is 2.53 bits per heavy atom. The van der Waals surface area contributed by atoms with Crippen LogP contribution in [0.4, 0.5) is 4.79 Å². The largest absolute Gasteiger partial charge is 0.481 e. The smallest absolute Gasteiger partial charge is 0.320 e. The topological polar surface area (TPSA) is 87.2 Å². The molecule has 1 aliphatic heterocycles. The van der Waals surface area contributed by atoms with Crippen LogP contribution in [-0.2, 0) is 14.3 Å². The van der Waals surface area contributed by atoms with Gasteiger partial charge in [0.15, 0.2) is 0 Å². The van der Waals surface area contributed by atoms with Crippen molar-refractivity contribution in [2.24, 2.45) is 5.92 Å². The van der Waals surface area contributed by atoms with E-state index in [4.69, 9.17) is 5.11 Å². The number of esters is 1. The van der Waals surface area contributed by atoms with Gasteiger partial charge in [-0.1, -0.05) is 0 Å². The molecule has 1 heterocycles. The number of hydrogen-bond donors (Lipinski definition) is 1. The van der Waals surface area contributed by atoms with Crippen LogP contribution in [-0.4, -0.2) is 66.2 Å². The second kappa shape index (κ2) is 6.40. The molecule has 1 saturated heterocycles. The second-order valence-corrected chi connectivity index (χ2v) is 4.70. The van der Waals surface area contributed by atoms with Crippen LogP contribution in [0.5, 0.6) is 0 Å². The number of methoxy groups -OCH3 is 1. The van der Waals surface area contributed by atoms with Crippen LogP contribution < -0.4 is 0 Å². The summed E-state index contributed by atoms with van der Waals surface area (Å²) in [5, 5.41) is 9.02. The third kappa shape index (κ3) is 3.59. The summed E-state index contributed by atoms with van der Waals surface area (Å²) < 4.78 is 4.51. The zero-order valence-corrected chi connectivity index (χ0v) is 11.5. The third-order valence-electron chi connectivity index (χ3n) is 3.52. The number of ether oxygens (including phenoxy) is 1. The molecule has 0 bridgehead atoms. The summed E-state index contributed by atoms with van der Waals surface area (Å²) in [6.07, 6.45) is 0.594. The van der Waals surface area contributed by atoms with E-state index in [1.165, 1.54) is 16.9 Å². The molecule has 1 fully saturated rings. The molecule has 0 aromatic heterocycles. The highest BCUT2D eigenvalue weighted by Crippen LogP contribution is 2.25. The molecule has 0 saturated carbocycles. The van der Waals surface area contributed by atoms with Crippen molar-refractivity contribution in [3.05, 3.63) is 0 Å². The Labute approximate surface area is 112 Å². The quantitative estimate of drug-likeness (QED) is 0.748. The standard InChI is InChI=1S/C12H20N2O5/c1-8-9(11(16)17)4-7-14(8)12(18)13(2)6-5-10(15)19-3/h8-9H,4-7H2,1-3H3,(H,16,17). The van der Waals surface area contributed by atoms with Gasteiger partial charge in [0.25, 0.3) is 0 Å². The molecule has 108 valence electrons. The van der Waals surface area contributed by atoms with Crippen molar-refractivity contribution >= 4 is 18.0 Å². The lowest BCUT2D eigenvalue weighted by Crippen LogP contribution is -2.45. The van der Waals surface area contributed by atoms with Gasteiger partial charge in [-0.3, -0.25) is 9.59 Å². The summed E-state index contributed by atoms with van der Waals surface area (Å²) in [6.45, 7) is 2.42. The van der Waals surface area contributed by atoms with E-state index in [1.807, 2.05) is 0 Å². The number of nitrogens with zero attached hydrogens (tertiary/aromatic N) is 2. The molecule has 7 nitrogen and oxygen atoms in total. The van der Waals surface area contributed by atoms with E-state index >= 15 is 0 Å². The van der Waals surface area contributed by atoms with Crippen molar-refractivity contribution in [3.63, 3.8) is 0 Å². The number of aliphatic carboxylic acids is 1. The monoisotopic (exact) mass is 272 g/mol. The number of amides is 2. The molecule has 0 aromatic carbocycles. The predicted octanol–water partition coefficient (Wildman–Crippen LogP) is 0.396. The average molecular weight is 272 g/mol. The number of carboxylic acids is 1.